The third-order valence-electron chi connectivity index (χ3n) is 7.41. The number of carbonyl (C=O) groups excluding carboxylic acids is 1. The summed E-state index contributed by atoms with van der Waals surface area (Å²) in [6.45, 7) is 8.40. The molecule has 0 bridgehead atoms. The van der Waals surface area contributed by atoms with Gasteiger partial charge in [-0.05, 0) is 61.8 Å². The summed E-state index contributed by atoms with van der Waals surface area (Å²) < 4.78 is 12.0. The molecule has 3 aliphatic rings. The zero-order valence-corrected chi connectivity index (χ0v) is 16.6. The van der Waals surface area contributed by atoms with E-state index in [4.69, 9.17) is 9.47 Å². The van der Waals surface area contributed by atoms with E-state index < -0.39 is 17.7 Å². The van der Waals surface area contributed by atoms with Crippen LogP contribution in [0.15, 0.2) is 24.3 Å². The van der Waals surface area contributed by atoms with Crippen molar-refractivity contribution in [1.29, 1.82) is 0 Å². The minimum Gasteiger partial charge on any atom is -0.508 e. The fourth-order valence-corrected chi connectivity index (χ4v) is 5.63. The van der Waals surface area contributed by atoms with Gasteiger partial charge in [0.25, 0.3) is 0 Å². The van der Waals surface area contributed by atoms with E-state index in [-0.39, 0.29) is 34.7 Å². The lowest BCUT2D eigenvalue weighted by Gasteiger charge is -2.44. The Morgan fingerprint density at radius 1 is 1.19 bits per heavy atom. The molecule has 6 atom stereocenters. The molecule has 2 saturated carbocycles. The van der Waals surface area contributed by atoms with Crippen LogP contribution in [-0.4, -0.2) is 39.6 Å². The highest BCUT2D eigenvalue weighted by Gasteiger charge is 2.68. The van der Waals surface area contributed by atoms with Gasteiger partial charge in [-0.25, -0.2) is 4.79 Å². The Kier molecular flexibility index (Phi) is 4.13. The predicted octanol–water partition coefficient (Wildman–Crippen LogP) is 3.67. The first-order valence-electron chi connectivity index (χ1n) is 9.98. The fourth-order valence-electron chi connectivity index (χ4n) is 5.63. The molecular formula is C22H30O5. The van der Waals surface area contributed by atoms with Crippen molar-refractivity contribution in [3.8, 4) is 5.75 Å². The molecule has 1 aromatic rings. The number of aliphatic hydroxyl groups is 1. The van der Waals surface area contributed by atoms with Crippen LogP contribution in [-0.2, 0) is 9.47 Å². The van der Waals surface area contributed by atoms with E-state index in [0.29, 0.717) is 12.0 Å². The fraction of sp³-hybridized carbons (Fsp3) is 0.682. The first-order chi connectivity index (χ1) is 12.6. The molecule has 5 heteroatoms. The van der Waals surface area contributed by atoms with Gasteiger partial charge >= 0.3 is 5.97 Å². The van der Waals surface area contributed by atoms with Crippen LogP contribution in [0.1, 0.15) is 63.7 Å². The van der Waals surface area contributed by atoms with Gasteiger partial charge in [0.05, 0.1) is 22.9 Å². The van der Waals surface area contributed by atoms with Crippen LogP contribution in [0.3, 0.4) is 0 Å². The number of phenolic OH excluding ortho intramolecular Hbond substituents is 1. The SMILES string of the molecule is CC(C)[C@]1(O)CC[C@]2(C)C[C@@H]3O[C@]3(C)C[C@@H](OC(=O)c3ccc(O)cc3)[C@@H]21. The van der Waals surface area contributed by atoms with Gasteiger partial charge in [0.1, 0.15) is 11.9 Å². The van der Waals surface area contributed by atoms with Crippen LogP contribution in [0.2, 0.25) is 0 Å². The number of rotatable bonds is 3. The van der Waals surface area contributed by atoms with E-state index in [1.807, 2.05) is 0 Å². The van der Waals surface area contributed by atoms with Gasteiger partial charge in [-0.3, -0.25) is 0 Å². The first kappa shape index (κ1) is 18.8. The largest absolute Gasteiger partial charge is 0.508 e. The molecule has 0 amide bonds. The number of carbonyl (C=O) groups is 1. The first-order valence-corrected chi connectivity index (χ1v) is 9.98. The topological polar surface area (TPSA) is 79.3 Å². The molecule has 5 nitrogen and oxygen atoms in total. The number of aromatic hydroxyl groups is 1. The third-order valence-corrected chi connectivity index (χ3v) is 7.41. The lowest BCUT2D eigenvalue weighted by Crippen LogP contribution is -2.50. The Morgan fingerprint density at radius 2 is 1.85 bits per heavy atom. The minimum atomic E-state index is -0.845. The van der Waals surface area contributed by atoms with Crippen LogP contribution in [0.4, 0.5) is 0 Å². The number of phenols is 1. The molecule has 148 valence electrons. The van der Waals surface area contributed by atoms with Gasteiger partial charge in [0, 0.05) is 12.3 Å². The molecular weight excluding hydrogens is 344 g/mol. The van der Waals surface area contributed by atoms with Crippen molar-refractivity contribution >= 4 is 5.97 Å². The second kappa shape index (κ2) is 5.95. The van der Waals surface area contributed by atoms with Crippen LogP contribution >= 0.6 is 0 Å². The number of fused-ring (bicyclic) bond motifs is 2. The van der Waals surface area contributed by atoms with Gasteiger partial charge in [-0.15, -0.1) is 0 Å². The summed E-state index contributed by atoms with van der Waals surface area (Å²) in [5.74, 6) is -0.329. The Balaban J connectivity index is 1.67. The van der Waals surface area contributed by atoms with E-state index in [2.05, 4.69) is 27.7 Å². The summed E-state index contributed by atoms with van der Waals surface area (Å²) in [6.07, 6.45) is 2.92. The molecule has 4 rings (SSSR count). The predicted molar refractivity (Wildman–Crippen MR) is 100 cm³/mol. The highest BCUT2D eigenvalue weighted by molar-refractivity contribution is 5.89. The molecule has 27 heavy (non-hydrogen) atoms. The summed E-state index contributed by atoms with van der Waals surface area (Å²) in [7, 11) is 0. The molecule has 2 aliphatic carbocycles. The molecule has 3 fully saturated rings. The lowest BCUT2D eigenvalue weighted by molar-refractivity contribution is -0.120. The summed E-state index contributed by atoms with van der Waals surface area (Å²) >= 11 is 0. The van der Waals surface area contributed by atoms with Crippen LogP contribution in [0, 0.1) is 17.3 Å². The molecule has 1 heterocycles. The number of hydrogen-bond acceptors (Lipinski definition) is 5. The maximum absolute atomic E-state index is 12.8. The number of hydrogen-bond donors (Lipinski definition) is 2. The van der Waals surface area contributed by atoms with Crippen molar-refractivity contribution < 1.29 is 24.5 Å². The van der Waals surface area contributed by atoms with E-state index in [1.165, 1.54) is 12.1 Å². The monoisotopic (exact) mass is 374 g/mol. The average molecular weight is 374 g/mol. The zero-order chi connectivity index (χ0) is 19.6. The Hall–Kier alpha value is -1.59. The second-order valence-corrected chi connectivity index (χ2v) is 9.60. The van der Waals surface area contributed by atoms with Crippen molar-refractivity contribution in [3.63, 3.8) is 0 Å². The maximum Gasteiger partial charge on any atom is 0.338 e. The van der Waals surface area contributed by atoms with Gasteiger partial charge in [0.15, 0.2) is 0 Å². The second-order valence-electron chi connectivity index (χ2n) is 9.60. The molecule has 1 aliphatic heterocycles. The number of benzene rings is 1. The Bertz CT molecular complexity index is 744. The molecule has 0 radical (unpaired) electrons. The van der Waals surface area contributed by atoms with Crippen molar-refractivity contribution in [1.82, 2.24) is 0 Å². The van der Waals surface area contributed by atoms with E-state index in [0.717, 1.165) is 19.3 Å². The molecule has 1 saturated heterocycles. The van der Waals surface area contributed by atoms with Gasteiger partial charge < -0.3 is 19.7 Å². The number of epoxide rings is 1. The van der Waals surface area contributed by atoms with Crippen molar-refractivity contribution in [3.05, 3.63) is 29.8 Å². The standard InChI is InChI=1S/C22H30O5/c1-13(2)22(25)10-9-20(3)12-17-21(4,27-17)11-16(18(20)22)26-19(24)14-5-7-15(23)8-6-14/h5-8,13,16-18,23,25H,9-12H2,1-4H3/t16-,17+,18+,20-,21-,22-/m1/s1. The van der Waals surface area contributed by atoms with Crippen LogP contribution in [0.5, 0.6) is 5.75 Å². The third kappa shape index (κ3) is 2.95. The van der Waals surface area contributed by atoms with E-state index in [1.54, 1.807) is 12.1 Å². The van der Waals surface area contributed by atoms with E-state index in [9.17, 15) is 15.0 Å². The Morgan fingerprint density at radius 3 is 2.48 bits per heavy atom. The summed E-state index contributed by atoms with van der Waals surface area (Å²) in [5.41, 5.74) is -0.826. The molecule has 2 N–H and O–H groups in total. The Labute approximate surface area is 160 Å². The highest BCUT2D eigenvalue weighted by atomic mass is 16.6. The normalized spacial score (nSPS) is 43.0. The van der Waals surface area contributed by atoms with Crippen molar-refractivity contribution in [2.75, 3.05) is 0 Å². The van der Waals surface area contributed by atoms with Crippen molar-refractivity contribution in [2.45, 2.75) is 76.8 Å². The molecule has 1 aromatic carbocycles. The van der Waals surface area contributed by atoms with Crippen LogP contribution < -0.4 is 0 Å². The van der Waals surface area contributed by atoms with E-state index >= 15 is 0 Å². The quantitative estimate of drug-likeness (QED) is 0.623. The average Bonchev–Trinajstić information content (AvgIpc) is 3.12. The molecule has 0 aromatic heterocycles. The van der Waals surface area contributed by atoms with Gasteiger partial charge in [-0.1, -0.05) is 20.8 Å². The highest BCUT2D eigenvalue weighted by Crippen LogP contribution is 2.63. The lowest BCUT2D eigenvalue weighted by atomic mass is 9.67. The summed E-state index contributed by atoms with van der Waals surface area (Å²) in [6, 6.07) is 6.09. The number of ether oxygens (including phenoxy) is 2. The zero-order valence-electron chi connectivity index (χ0n) is 16.6. The van der Waals surface area contributed by atoms with Gasteiger partial charge in [-0.2, -0.15) is 0 Å². The summed E-state index contributed by atoms with van der Waals surface area (Å²) in [5, 5.41) is 21.0. The maximum atomic E-state index is 12.8. The molecule has 0 unspecified atom stereocenters. The van der Waals surface area contributed by atoms with Crippen LogP contribution in [0.25, 0.3) is 0 Å². The number of esters is 1. The summed E-state index contributed by atoms with van der Waals surface area (Å²) in [4.78, 5) is 12.8. The minimum absolute atomic E-state index is 0.0855. The molecule has 0 spiro atoms. The smallest absolute Gasteiger partial charge is 0.338 e. The van der Waals surface area contributed by atoms with Crippen molar-refractivity contribution in [2.24, 2.45) is 17.3 Å². The van der Waals surface area contributed by atoms with Gasteiger partial charge in [0.2, 0.25) is 0 Å².